The maximum Gasteiger partial charge on any atom is 0.321 e. The lowest BCUT2D eigenvalue weighted by molar-refractivity contribution is 0.249. The van der Waals surface area contributed by atoms with E-state index < -0.39 is 0 Å². The lowest BCUT2D eigenvalue weighted by Crippen LogP contribution is -2.37. The largest absolute Gasteiger partial charge is 0.378 e. The number of rotatable bonds is 5. The van der Waals surface area contributed by atoms with E-state index in [4.69, 9.17) is 0 Å². The van der Waals surface area contributed by atoms with Crippen LogP contribution in [0.4, 0.5) is 15.6 Å². The number of amides is 2. The molecule has 2 N–H and O–H groups in total. The second-order valence-corrected chi connectivity index (χ2v) is 5.84. The van der Waals surface area contributed by atoms with Gasteiger partial charge in [-0.1, -0.05) is 23.5 Å². The predicted octanol–water partition coefficient (Wildman–Crippen LogP) is 2.36. The summed E-state index contributed by atoms with van der Waals surface area (Å²) >= 11 is 1.29. The smallest absolute Gasteiger partial charge is 0.321 e. The third-order valence-corrected chi connectivity index (χ3v) is 3.56. The highest BCUT2D eigenvalue weighted by Gasteiger charge is 2.09. The van der Waals surface area contributed by atoms with Crippen molar-refractivity contribution < 1.29 is 4.79 Å². The van der Waals surface area contributed by atoms with Crippen molar-refractivity contribution in [2.24, 2.45) is 0 Å². The number of urea groups is 1. The highest BCUT2D eigenvalue weighted by Crippen LogP contribution is 2.13. The maximum absolute atomic E-state index is 11.8. The van der Waals surface area contributed by atoms with E-state index in [-0.39, 0.29) is 12.1 Å². The van der Waals surface area contributed by atoms with Crippen molar-refractivity contribution >= 4 is 28.2 Å². The normalized spacial score (nSPS) is 11.8. The monoisotopic (exact) mass is 305 g/mol. The minimum absolute atomic E-state index is 0.0307. The Balaban J connectivity index is 1.83. The molecule has 0 aliphatic rings. The van der Waals surface area contributed by atoms with Crippen molar-refractivity contribution in [3.63, 3.8) is 0 Å². The first-order valence-electron chi connectivity index (χ1n) is 6.64. The third-order valence-electron chi connectivity index (χ3n) is 2.95. The Hall–Kier alpha value is -2.15. The van der Waals surface area contributed by atoms with E-state index in [2.05, 4.69) is 50.0 Å². The molecule has 6 nitrogen and oxygen atoms in total. The summed E-state index contributed by atoms with van der Waals surface area (Å²) in [4.78, 5) is 13.8. The molecule has 0 saturated carbocycles. The van der Waals surface area contributed by atoms with Crippen molar-refractivity contribution in [3.8, 4) is 0 Å². The molecule has 2 amide bonds. The Kier molecular flexibility index (Phi) is 5.10. The molecule has 0 bridgehead atoms. The number of hydrogen-bond acceptors (Lipinski definition) is 5. The van der Waals surface area contributed by atoms with E-state index in [0.29, 0.717) is 5.13 Å². The van der Waals surface area contributed by atoms with Crippen molar-refractivity contribution in [2.45, 2.75) is 19.4 Å². The summed E-state index contributed by atoms with van der Waals surface area (Å²) in [5, 5.41) is 13.5. The summed E-state index contributed by atoms with van der Waals surface area (Å²) in [6, 6.07) is 8.08. The quantitative estimate of drug-likeness (QED) is 0.889. The number of hydrogen-bond donors (Lipinski definition) is 2. The molecule has 1 atom stereocenters. The van der Waals surface area contributed by atoms with Crippen molar-refractivity contribution in [3.05, 3.63) is 35.3 Å². The number of nitrogens with one attached hydrogen (secondary N) is 2. The zero-order valence-corrected chi connectivity index (χ0v) is 13.1. The average Bonchev–Trinajstić information content (AvgIpc) is 2.91. The molecule has 2 aromatic rings. The molecular formula is C14H19N5OS. The molecule has 0 fully saturated rings. The number of carbonyl (C=O) groups excluding carboxylic acids is 1. The first-order valence-corrected chi connectivity index (χ1v) is 7.52. The number of anilines is 2. The van der Waals surface area contributed by atoms with Crippen LogP contribution in [0.25, 0.3) is 0 Å². The van der Waals surface area contributed by atoms with Crippen molar-refractivity contribution in [2.75, 3.05) is 24.3 Å². The Morgan fingerprint density at radius 3 is 2.62 bits per heavy atom. The zero-order chi connectivity index (χ0) is 15.2. The molecule has 1 aromatic carbocycles. The van der Waals surface area contributed by atoms with Crippen LogP contribution >= 0.6 is 11.3 Å². The molecule has 1 aromatic heterocycles. The van der Waals surface area contributed by atoms with Gasteiger partial charge in [0.2, 0.25) is 5.13 Å². The Bertz CT molecular complexity index is 568. The summed E-state index contributed by atoms with van der Waals surface area (Å²) in [6.07, 6.45) is 0.775. The van der Waals surface area contributed by atoms with Gasteiger partial charge < -0.3 is 10.2 Å². The van der Waals surface area contributed by atoms with E-state index in [1.54, 1.807) is 5.51 Å². The Morgan fingerprint density at radius 2 is 2.05 bits per heavy atom. The van der Waals surface area contributed by atoms with Crippen molar-refractivity contribution in [1.29, 1.82) is 0 Å². The molecule has 7 heteroatoms. The van der Waals surface area contributed by atoms with Gasteiger partial charge in [0, 0.05) is 25.8 Å². The van der Waals surface area contributed by atoms with Crippen LogP contribution in [0.15, 0.2) is 29.8 Å². The van der Waals surface area contributed by atoms with Gasteiger partial charge in [-0.2, -0.15) is 0 Å². The molecule has 1 heterocycles. The van der Waals surface area contributed by atoms with Gasteiger partial charge in [-0.05, 0) is 31.0 Å². The zero-order valence-electron chi connectivity index (χ0n) is 12.3. The number of aromatic nitrogens is 2. The lowest BCUT2D eigenvalue weighted by Gasteiger charge is -2.16. The first kappa shape index (κ1) is 15.2. The average molecular weight is 305 g/mol. The minimum Gasteiger partial charge on any atom is -0.378 e. The van der Waals surface area contributed by atoms with Gasteiger partial charge >= 0.3 is 6.03 Å². The summed E-state index contributed by atoms with van der Waals surface area (Å²) in [7, 11) is 4.02. The molecule has 0 unspecified atom stereocenters. The van der Waals surface area contributed by atoms with Crippen LogP contribution < -0.4 is 15.5 Å². The fourth-order valence-electron chi connectivity index (χ4n) is 1.92. The van der Waals surface area contributed by atoms with Crippen LogP contribution in [0, 0.1) is 0 Å². The lowest BCUT2D eigenvalue weighted by atomic mass is 10.1. The fraction of sp³-hybridized carbons (Fsp3) is 0.357. The summed E-state index contributed by atoms with van der Waals surface area (Å²) in [5.74, 6) is 0. The van der Waals surface area contributed by atoms with Crippen LogP contribution in [0.1, 0.15) is 12.5 Å². The topological polar surface area (TPSA) is 70.2 Å². The third kappa shape index (κ3) is 4.71. The maximum atomic E-state index is 11.8. The predicted molar refractivity (Wildman–Crippen MR) is 86.0 cm³/mol. The van der Waals surface area contributed by atoms with E-state index in [9.17, 15) is 4.79 Å². The van der Waals surface area contributed by atoms with Crippen LogP contribution in [-0.4, -0.2) is 36.4 Å². The molecule has 21 heavy (non-hydrogen) atoms. The van der Waals surface area contributed by atoms with Gasteiger partial charge in [0.05, 0.1) is 0 Å². The molecule has 2 rings (SSSR count). The van der Waals surface area contributed by atoms with Crippen LogP contribution in [0.3, 0.4) is 0 Å². The molecule has 112 valence electrons. The molecule has 0 radical (unpaired) electrons. The molecule has 0 spiro atoms. The molecule has 0 aliphatic heterocycles. The number of nitrogens with zero attached hydrogens (tertiary/aromatic N) is 3. The molecular weight excluding hydrogens is 286 g/mol. The highest BCUT2D eigenvalue weighted by atomic mass is 32.1. The Labute approximate surface area is 128 Å². The van der Waals surface area contributed by atoms with Gasteiger partial charge in [0.1, 0.15) is 5.51 Å². The SMILES string of the molecule is C[C@@H](Cc1ccc(N(C)C)cc1)NC(=O)Nc1nncs1. The van der Waals surface area contributed by atoms with E-state index in [0.717, 1.165) is 12.1 Å². The highest BCUT2D eigenvalue weighted by molar-refractivity contribution is 7.13. The van der Waals surface area contributed by atoms with E-state index >= 15 is 0 Å². The summed E-state index contributed by atoms with van der Waals surface area (Å²) < 4.78 is 0. The van der Waals surface area contributed by atoms with Gasteiger partial charge in [0.15, 0.2) is 0 Å². The Morgan fingerprint density at radius 1 is 1.33 bits per heavy atom. The van der Waals surface area contributed by atoms with Gasteiger partial charge in [-0.25, -0.2) is 4.79 Å². The second kappa shape index (κ2) is 7.03. The second-order valence-electron chi connectivity index (χ2n) is 5.01. The van der Waals surface area contributed by atoms with E-state index in [1.165, 1.54) is 16.9 Å². The standard InChI is InChI=1S/C14H19N5OS/c1-10(16-13(20)17-14-18-15-9-21-14)8-11-4-6-12(7-5-11)19(2)3/h4-7,9-10H,8H2,1-3H3,(H2,16,17,18,20)/t10-/m0/s1. The van der Waals surface area contributed by atoms with Gasteiger partial charge in [-0.15, -0.1) is 10.2 Å². The van der Waals surface area contributed by atoms with E-state index in [1.807, 2.05) is 21.0 Å². The van der Waals surface area contributed by atoms with Crippen molar-refractivity contribution in [1.82, 2.24) is 15.5 Å². The summed E-state index contributed by atoms with van der Waals surface area (Å²) in [5.41, 5.74) is 3.92. The van der Waals surface area contributed by atoms with Crippen LogP contribution in [0.5, 0.6) is 0 Å². The van der Waals surface area contributed by atoms with Crippen LogP contribution in [0.2, 0.25) is 0 Å². The first-order chi connectivity index (χ1) is 10.0. The van der Waals surface area contributed by atoms with Crippen LogP contribution in [-0.2, 0) is 6.42 Å². The molecule has 0 aliphatic carbocycles. The van der Waals surface area contributed by atoms with Gasteiger partial charge in [-0.3, -0.25) is 5.32 Å². The number of carbonyl (C=O) groups is 1. The fourth-order valence-corrected chi connectivity index (χ4v) is 2.36. The number of benzene rings is 1. The molecule has 0 saturated heterocycles. The minimum atomic E-state index is -0.260. The van der Waals surface area contributed by atoms with Gasteiger partial charge in [0.25, 0.3) is 0 Å². The summed E-state index contributed by atoms with van der Waals surface area (Å²) in [6.45, 7) is 1.97.